The van der Waals surface area contributed by atoms with E-state index in [1.807, 2.05) is 10.1 Å². The zero-order valence-corrected chi connectivity index (χ0v) is 19.7. The number of carbonyl (C=O) groups is 1. The van der Waals surface area contributed by atoms with Crippen LogP contribution >= 0.6 is 11.3 Å². The Kier molecular flexibility index (Phi) is 6.69. The van der Waals surface area contributed by atoms with Crippen molar-refractivity contribution in [2.24, 2.45) is 0 Å². The topological polar surface area (TPSA) is 110 Å². The Balaban J connectivity index is 2.14. The number of sulfonamides is 1. The molecule has 1 heterocycles. The summed E-state index contributed by atoms with van der Waals surface area (Å²) in [7, 11) is -7.75. The van der Waals surface area contributed by atoms with Crippen LogP contribution in [-0.2, 0) is 24.7 Å². The lowest BCUT2D eigenvalue weighted by Crippen LogP contribution is -2.30. The first-order valence-corrected chi connectivity index (χ1v) is 14.1. The maximum atomic E-state index is 12.7. The summed E-state index contributed by atoms with van der Waals surface area (Å²) in [6.45, 7) is 3.11. The molecule has 0 bridgehead atoms. The number of hydrogen-bond acceptors (Lipinski definition) is 7. The molecule has 1 N–H and O–H groups in total. The molecule has 0 saturated heterocycles. The van der Waals surface area contributed by atoms with E-state index in [9.17, 15) is 21.6 Å². The van der Waals surface area contributed by atoms with Crippen LogP contribution in [0.5, 0.6) is 0 Å². The number of thiazole rings is 1. The molecule has 0 unspecified atom stereocenters. The van der Waals surface area contributed by atoms with Gasteiger partial charge < -0.3 is 0 Å². The Bertz CT molecular complexity index is 1160. The summed E-state index contributed by atoms with van der Waals surface area (Å²) in [5.41, 5.74) is 1.48. The minimum absolute atomic E-state index is 0.0176. The molecule has 164 valence electrons. The van der Waals surface area contributed by atoms with Crippen molar-refractivity contribution in [3.05, 3.63) is 28.8 Å². The largest absolute Gasteiger partial charge is 0.274 e. The van der Waals surface area contributed by atoms with Gasteiger partial charge in [0.25, 0.3) is 10.0 Å². The van der Waals surface area contributed by atoms with Crippen molar-refractivity contribution in [3.8, 4) is 10.6 Å². The number of hydrogen-bond donors (Lipinski definition) is 1. The van der Waals surface area contributed by atoms with Crippen LogP contribution < -0.4 is 4.72 Å². The lowest BCUT2D eigenvalue weighted by Gasteiger charge is -2.19. The fourth-order valence-electron chi connectivity index (χ4n) is 3.80. The van der Waals surface area contributed by atoms with Gasteiger partial charge in [-0.1, -0.05) is 26.2 Å². The molecule has 1 fully saturated rings. The van der Waals surface area contributed by atoms with Crippen LogP contribution in [0.25, 0.3) is 10.6 Å². The summed E-state index contributed by atoms with van der Waals surface area (Å²) >= 11 is 1.32. The molecule has 0 spiro atoms. The van der Waals surface area contributed by atoms with Crippen LogP contribution in [0.2, 0.25) is 0 Å². The maximum Gasteiger partial charge on any atom is 0.264 e. The van der Waals surface area contributed by atoms with Crippen molar-refractivity contribution in [2.75, 3.05) is 6.26 Å². The Morgan fingerprint density at radius 1 is 1.13 bits per heavy atom. The number of nitrogens with zero attached hydrogens (tertiary/aromatic N) is 1. The minimum atomic E-state index is -4.13. The van der Waals surface area contributed by atoms with Gasteiger partial charge in [0.1, 0.15) is 5.01 Å². The number of nitrogens with one attached hydrogen (secondary N) is 1. The van der Waals surface area contributed by atoms with E-state index in [1.54, 1.807) is 13.8 Å². The second kappa shape index (κ2) is 8.76. The predicted octanol–water partition coefficient (Wildman–Crippen LogP) is 3.78. The first kappa shape index (κ1) is 22.9. The Morgan fingerprint density at radius 3 is 2.37 bits per heavy atom. The summed E-state index contributed by atoms with van der Waals surface area (Å²) < 4.78 is 52.3. The van der Waals surface area contributed by atoms with E-state index in [-0.39, 0.29) is 27.3 Å². The Labute approximate surface area is 181 Å². The number of rotatable bonds is 6. The van der Waals surface area contributed by atoms with Gasteiger partial charge in [-0.3, -0.25) is 4.79 Å². The van der Waals surface area contributed by atoms with E-state index in [4.69, 9.17) is 4.98 Å². The van der Waals surface area contributed by atoms with Crippen LogP contribution in [0, 0.1) is 6.92 Å². The quantitative estimate of drug-likeness (QED) is 0.688. The van der Waals surface area contributed by atoms with E-state index in [0.717, 1.165) is 37.6 Å². The van der Waals surface area contributed by atoms with Gasteiger partial charge >= 0.3 is 0 Å². The van der Waals surface area contributed by atoms with Crippen molar-refractivity contribution in [2.45, 2.75) is 68.1 Å². The first-order chi connectivity index (χ1) is 14.0. The van der Waals surface area contributed by atoms with Crippen LogP contribution in [0.3, 0.4) is 0 Å². The molecule has 0 radical (unpaired) electrons. The average molecular weight is 471 g/mol. The second-order valence-electron chi connectivity index (χ2n) is 7.63. The maximum absolute atomic E-state index is 12.7. The molecule has 30 heavy (non-hydrogen) atoms. The third-order valence-electron chi connectivity index (χ3n) is 5.39. The van der Waals surface area contributed by atoms with E-state index >= 15 is 0 Å². The number of benzene rings is 1. The number of aromatic nitrogens is 1. The molecule has 3 rings (SSSR count). The summed E-state index contributed by atoms with van der Waals surface area (Å²) in [5.74, 6) is -0.279. The van der Waals surface area contributed by atoms with E-state index in [1.165, 1.54) is 29.9 Å². The van der Waals surface area contributed by atoms with Crippen molar-refractivity contribution in [1.29, 1.82) is 0 Å². The zero-order valence-electron chi connectivity index (χ0n) is 17.3. The third kappa shape index (κ3) is 4.76. The molecule has 2 aromatic rings. The first-order valence-electron chi connectivity index (χ1n) is 9.89. The Morgan fingerprint density at radius 2 is 1.77 bits per heavy atom. The highest BCUT2D eigenvalue weighted by molar-refractivity contribution is 7.91. The summed E-state index contributed by atoms with van der Waals surface area (Å²) in [6, 6.07) is 2.51. The molecule has 1 aromatic heterocycles. The van der Waals surface area contributed by atoms with Crippen LogP contribution in [0.4, 0.5) is 0 Å². The number of sulfone groups is 1. The number of amides is 1. The van der Waals surface area contributed by atoms with Gasteiger partial charge in [-0.15, -0.1) is 11.3 Å². The monoisotopic (exact) mass is 470 g/mol. The summed E-state index contributed by atoms with van der Waals surface area (Å²) in [5, 5.41) is 2.42. The molecule has 0 atom stereocenters. The second-order valence-corrected chi connectivity index (χ2v) is 12.1. The zero-order chi connectivity index (χ0) is 22.1. The normalized spacial score (nSPS) is 15.8. The van der Waals surface area contributed by atoms with Crippen molar-refractivity contribution < 1.29 is 21.6 Å². The molecular weight excluding hydrogens is 444 g/mol. The van der Waals surface area contributed by atoms with Gasteiger partial charge in [0.2, 0.25) is 5.91 Å². The highest BCUT2D eigenvalue weighted by atomic mass is 32.2. The molecule has 10 heteroatoms. The van der Waals surface area contributed by atoms with E-state index in [2.05, 4.69) is 0 Å². The van der Waals surface area contributed by atoms with E-state index in [0.29, 0.717) is 10.9 Å². The van der Waals surface area contributed by atoms with Gasteiger partial charge in [-0.2, -0.15) is 0 Å². The van der Waals surface area contributed by atoms with Crippen molar-refractivity contribution in [1.82, 2.24) is 9.71 Å². The van der Waals surface area contributed by atoms with Gasteiger partial charge in [-0.25, -0.2) is 26.5 Å². The lowest BCUT2D eigenvalue weighted by atomic mass is 9.87. The fourth-order valence-corrected chi connectivity index (χ4v) is 7.12. The molecule has 0 aliphatic heterocycles. The van der Waals surface area contributed by atoms with Crippen LogP contribution in [-0.4, -0.2) is 34.0 Å². The highest BCUT2D eigenvalue weighted by Gasteiger charge is 2.28. The van der Waals surface area contributed by atoms with Gasteiger partial charge in [0, 0.05) is 29.5 Å². The van der Waals surface area contributed by atoms with Gasteiger partial charge in [0.05, 0.1) is 15.5 Å². The molecule has 1 aliphatic rings. The molecule has 1 amide bonds. The van der Waals surface area contributed by atoms with Gasteiger partial charge in [-0.05, 0) is 37.5 Å². The predicted molar refractivity (Wildman–Crippen MR) is 117 cm³/mol. The molecule has 1 aliphatic carbocycles. The number of carbonyl (C=O) groups excluding carboxylic acids is 1. The van der Waals surface area contributed by atoms with E-state index < -0.39 is 25.8 Å². The lowest BCUT2D eigenvalue weighted by molar-refractivity contribution is -0.119. The molecular formula is C20H26N2O5S3. The van der Waals surface area contributed by atoms with Crippen molar-refractivity contribution in [3.63, 3.8) is 0 Å². The minimum Gasteiger partial charge on any atom is -0.274 e. The summed E-state index contributed by atoms with van der Waals surface area (Å²) in [4.78, 5) is 16.3. The molecule has 7 nitrogen and oxygen atoms in total. The molecule has 1 saturated carbocycles. The van der Waals surface area contributed by atoms with Crippen LogP contribution in [0.1, 0.15) is 62.6 Å². The SMILES string of the molecule is CCC(=O)NS(=O)(=O)c1ccc(S(C)(=O)=O)c(-c2nc(C3CCCCC3)cs2)c1C. The van der Waals surface area contributed by atoms with Crippen LogP contribution in [0.15, 0.2) is 27.3 Å². The van der Waals surface area contributed by atoms with Crippen molar-refractivity contribution >= 4 is 37.1 Å². The highest BCUT2D eigenvalue weighted by Crippen LogP contribution is 2.39. The van der Waals surface area contributed by atoms with Gasteiger partial charge in [0.15, 0.2) is 9.84 Å². The average Bonchev–Trinajstić information content (AvgIpc) is 3.16. The fraction of sp³-hybridized carbons (Fsp3) is 0.500. The molecule has 1 aromatic carbocycles. The summed E-state index contributed by atoms with van der Waals surface area (Å²) in [6.07, 6.45) is 6.73. The Hall–Kier alpha value is -1.78. The standard InChI is InChI=1S/C20H26N2O5S3/c1-4-18(23)22-30(26,27)16-10-11-17(29(3,24)25)19(13(16)2)20-21-15(12-28-20)14-8-6-5-7-9-14/h10-12,14H,4-9H2,1-3H3,(H,22,23). The smallest absolute Gasteiger partial charge is 0.264 e. The third-order valence-corrected chi connectivity index (χ3v) is 8.93.